The molecule has 0 saturated carbocycles. The van der Waals surface area contributed by atoms with Crippen LogP contribution in [0.1, 0.15) is 18.4 Å². The first-order valence-corrected chi connectivity index (χ1v) is 7.55. The molecule has 1 aliphatic heterocycles. The van der Waals surface area contributed by atoms with Crippen LogP contribution in [0.2, 0.25) is 0 Å². The summed E-state index contributed by atoms with van der Waals surface area (Å²) in [7, 11) is 0. The van der Waals surface area contributed by atoms with Gasteiger partial charge in [0.25, 0.3) is 5.91 Å². The van der Waals surface area contributed by atoms with Gasteiger partial charge in [0.05, 0.1) is 0 Å². The van der Waals surface area contributed by atoms with Crippen molar-refractivity contribution in [3.05, 3.63) is 27.3 Å². The van der Waals surface area contributed by atoms with Crippen molar-refractivity contribution < 1.29 is 19.1 Å². The Kier molecular flexibility index (Phi) is 5.16. The molecule has 0 bridgehead atoms. The molecule has 0 spiro atoms. The zero-order valence-corrected chi connectivity index (χ0v) is 13.6. The molecule has 1 aliphatic rings. The maximum Gasteiger partial charge on any atom is 0.329 e. The molecule has 0 aliphatic carbocycles. The van der Waals surface area contributed by atoms with Gasteiger partial charge in [-0.1, -0.05) is 0 Å². The van der Waals surface area contributed by atoms with Gasteiger partial charge in [-0.15, -0.1) is 0 Å². The number of amides is 2. The zero-order chi connectivity index (χ0) is 15.4. The molecule has 1 heterocycles. The van der Waals surface area contributed by atoms with Crippen LogP contribution in [0.15, 0.2) is 18.2 Å². The minimum Gasteiger partial charge on any atom is -0.454 e. The van der Waals surface area contributed by atoms with Crippen molar-refractivity contribution in [1.29, 1.82) is 0 Å². The number of halogens is 1. The number of aryl methyl sites for hydroxylation is 1. The Morgan fingerprint density at radius 1 is 1.48 bits per heavy atom. The number of esters is 1. The van der Waals surface area contributed by atoms with Gasteiger partial charge in [-0.25, -0.2) is 4.79 Å². The van der Waals surface area contributed by atoms with Gasteiger partial charge in [0, 0.05) is 15.7 Å². The Hall–Kier alpha value is -1.64. The van der Waals surface area contributed by atoms with Crippen molar-refractivity contribution in [3.63, 3.8) is 0 Å². The summed E-state index contributed by atoms with van der Waals surface area (Å²) in [6.45, 7) is 1.52. The number of nitrogens with one attached hydrogen (secondary N) is 2. The molecule has 0 radical (unpaired) electrons. The fourth-order valence-corrected chi connectivity index (χ4v) is 2.63. The van der Waals surface area contributed by atoms with Crippen molar-refractivity contribution >= 4 is 46.1 Å². The summed E-state index contributed by atoms with van der Waals surface area (Å²) in [5.41, 5.74) is 1.62. The lowest BCUT2D eigenvalue weighted by Gasteiger charge is -2.11. The molecule has 21 heavy (non-hydrogen) atoms. The zero-order valence-electron chi connectivity index (χ0n) is 11.4. The number of anilines is 1. The van der Waals surface area contributed by atoms with E-state index in [1.807, 2.05) is 19.1 Å². The van der Waals surface area contributed by atoms with Gasteiger partial charge in [0.15, 0.2) is 6.61 Å². The lowest BCUT2D eigenvalue weighted by Crippen LogP contribution is -2.36. The molecular weight excluding hydrogens is 387 g/mol. The largest absolute Gasteiger partial charge is 0.454 e. The normalized spacial score (nSPS) is 17.2. The fraction of sp³-hybridized carbons (Fsp3) is 0.357. The third-order valence-electron chi connectivity index (χ3n) is 3.09. The van der Waals surface area contributed by atoms with Crippen molar-refractivity contribution in [2.75, 3.05) is 11.9 Å². The molecule has 1 fully saturated rings. The van der Waals surface area contributed by atoms with Crippen molar-refractivity contribution in [2.24, 2.45) is 0 Å². The number of carbonyl (C=O) groups excluding carboxylic acids is 3. The molecule has 0 unspecified atom stereocenters. The summed E-state index contributed by atoms with van der Waals surface area (Å²) in [5, 5.41) is 5.18. The number of ether oxygens (including phenoxy) is 1. The van der Waals surface area contributed by atoms with Crippen molar-refractivity contribution in [1.82, 2.24) is 5.32 Å². The van der Waals surface area contributed by atoms with Gasteiger partial charge in [0.2, 0.25) is 5.91 Å². The summed E-state index contributed by atoms with van der Waals surface area (Å²) in [5.74, 6) is -1.15. The molecule has 1 aromatic carbocycles. The first kappa shape index (κ1) is 15.7. The highest BCUT2D eigenvalue weighted by molar-refractivity contribution is 14.1. The number of benzene rings is 1. The van der Waals surface area contributed by atoms with E-state index in [1.165, 1.54) is 0 Å². The van der Waals surface area contributed by atoms with Crippen LogP contribution in [-0.4, -0.2) is 30.4 Å². The minimum atomic E-state index is -0.634. The van der Waals surface area contributed by atoms with Crippen LogP contribution in [0.25, 0.3) is 0 Å². The van der Waals surface area contributed by atoms with E-state index >= 15 is 0 Å². The molecule has 1 atom stereocenters. The standard InChI is InChI=1S/C14H15IN2O4/c1-8-6-9(15)2-3-10(8)16-13(19)7-21-14(20)11-4-5-12(18)17-11/h2-3,6,11H,4-5,7H2,1H3,(H,16,19)(H,17,18)/t11-/m1/s1. The van der Waals surface area contributed by atoms with Gasteiger partial charge in [0.1, 0.15) is 6.04 Å². The third kappa shape index (κ3) is 4.42. The van der Waals surface area contributed by atoms with Crippen LogP contribution in [0.5, 0.6) is 0 Å². The molecule has 112 valence electrons. The first-order valence-electron chi connectivity index (χ1n) is 6.47. The molecule has 1 aromatic rings. The van der Waals surface area contributed by atoms with Crippen LogP contribution in [0, 0.1) is 10.5 Å². The maximum atomic E-state index is 11.8. The van der Waals surface area contributed by atoms with Crippen LogP contribution in [-0.2, 0) is 19.1 Å². The molecule has 0 aromatic heterocycles. The van der Waals surface area contributed by atoms with E-state index in [1.54, 1.807) is 6.07 Å². The minimum absolute atomic E-state index is 0.170. The van der Waals surface area contributed by atoms with E-state index in [4.69, 9.17) is 4.74 Å². The maximum absolute atomic E-state index is 11.8. The Morgan fingerprint density at radius 3 is 2.86 bits per heavy atom. The molecule has 7 heteroatoms. The average molecular weight is 402 g/mol. The first-order chi connectivity index (χ1) is 9.95. The van der Waals surface area contributed by atoms with Gasteiger partial charge < -0.3 is 15.4 Å². The van der Waals surface area contributed by atoms with E-state index in [9.17, 15) is 14.4 Å². The van der Waals surface area contributed by atoms with Crippen molar-refractivity contribution in [3.8, 4) is 0 Å². The highest BCUT2D eigenvalue weighted by Crippen LogP contribution is 2.17. The average Bonchev–Trinajstić information content (AvgIpc) is 2.86. The second kappa shape index (κ2) is 6.88. The summed E-state index contributed by atoms with van der Waals surface area (Å²) < 4.78 is 5.98. The summed E-state index contributed by atoms with van der Waals surface area (Å²) in [6, 6.07) is 4.98. The monoisotopic (exact) mass is 402 g/mol. The molecule has 6 nitrogen and oxygen atoms in total. The second-order valence-electron chi connectivity index (χ2n) is 4.77. The van der Waals surface area contributed by atoms with E-state index in [-0.39, 0.29) is 12.5 Å². The third-order valence-corrected chi connectivity index (χ3v) is 3.76. The number of hydrogen-bond acceptors (Lipinski definition) is 4. The number of rotatable bonds is 4. The molecule has 1 saturated heterocycles. The Morgan fingerprint density at radius 2 is 2.24 bits per heavy atom. The lowest BCUT2D eigenvalue weighted by molar-refractivity contribution is -0.149. The lowest BCUT2D eigenvalue weighted by atomic mass is 10.2. The molecule has 2 rings (SSSR count). The molecule has 2 amide bonds. The van der Waals surface area contributed by atoms with E-state index in [0.717, 1.165) is 9.13 Å². The van der Waals surface area contributed by atoms with Gasteiger partial charge in [-0.3, -0.25) is 9.59 Å². The summed E-state index contributed by atoms with van der Waals surface area (Å²) in [6.07, 6.45) is 0.726. The van der Waals surface area contributed by atoms with Crippen molar-refractivity contribution in [2.45, 2.75) is 25.8 Å². The van der Waals surface area contributed by atoms with Crippen LogP contribution in [0.3, 0.4) is 0 Å². The Bertz CT molecular complexity index is 588. The predicted molar refractivity (Wildman–Crippen MR) is 84.6 cm³/mol. The predicted octanol–water partition coefficient (Wildman–Crippen LogP) is 1.36. The summed E-state index contributed by atoms with van der Waals surface area (Å²) >= 11 is 2.19. The second-order valence-corrected chi connectivity index (χ2v) is 6.02. The van der Waals surface area contributed by atoms with Gasteiger partial charge in [-0.2, -0.15) is 0 Å². The highest BCUT2D eigenvalue weighted by Gasteiger charge is 2.28. The Balaban J connectivity index is 1.82. The quantitative estimate of drug-likeness (QED) is 0.589. The molecular formula is C14H15IN2O4. The number of hydrogen-bond donors (Lipinski definition) is 2. The Labute approximate surface area is 135 Å². The van der Waals surface area contributed by atoms with Gasteiger partial charge >= 0.3 is 5.97 Å². The topological polar surface area (TPSA) is 84.5 Å². The van der Waals surface area contributed by atoms with Gasteiger partial charge in [-0.05, 0) is 59.7 Å². The highest BCUT2D eigenvalue weighted by atomic mass is 127. The van der Waals surface area contributed by atoms with Crippen LogP contribution < -0.4 is 10.6 Å². The van der Waals surface area contributed by atoms with Crippen LogP contribution in [0.4, 0.5) is 5.69 Å². The van der Waals surface area contributed by atoms with E-state index < -0.39 is 17.9 Å². The smallest absolute Gasteiger partial charge is 0.329 e. The fourth-order valence-electron chi connectivity index (χ4n) is 1.98. The SMILES string of the molecule is Cc1cc(I)ccc1NC(=O)COC(=O)[C@H]1CCC(=O)N1. The van der Waals surface area contributed by atoms with Crippen LogP contribution >= 0.6 is 22.6 Å². The number of carbonyl (C=O) groups is 3. The summed E-state index contributed by atoms with van der Waals surface area (Å²) in [4.78, 5) is 34.4. The molecule has 2 N–H and O–H groups in total. The van der Waals surface area contributed by atoms with E-state index in [2.05, 4.69) is 33.2 Å². The van der Waals surface area contributed by atoms with E-state index in [0.29, 0.717) is 18.5 Å².